The lowest BCUT2D eigenvalue weighted by molar-refractivity contribution is 0.0757. The van der Waals surface area contributed by atoms with Gasteiger partial charge in [-0.3, -0.25) is 4.79 Å². The van der Waals surface area contributed by atoms with E-state index in [1.807, 2.05) is 36.4 Å². The number of ether oxygens (including phenoxy) is 4. The Bertz CT molecular complexity index is 1020. The van der Waals surface area contributed by atoms with Gasteiger partial charge in [0, 0.05) is 30.1 Å². The predicted molar refractivity (Wildman–Crippen MR) is 116 cm³/mol. The molecule has 7 nitrogen and oxygen atoms in total. The molecule has 0 unspecified atom stereocenters. The van der Waals surface area contributed by atoms with E-state index in [1.54, 1.807) is 39.4 Å². The first-order valence-electron chi connectivity index (χ1n) is 9.40. The van der Waals surface area contributed by atoms with Crippen molar-refractivity contribution in [3.8, 4) is 23.0 Å². The second kappa shape index (κ2) is 9.26. The van der Waals surface area contributed by atoms with Gasteiger partial charge in [-0.1, -0.05) is 12.1 Å². The molecule has 0 aliphatic carbocycles. The Balaban J connectivity index is 1.90. The van der Waals surface area contributed by atoms with Crippen LogP contribution in [0.4, 0.5) is 0 Å². The van der Waals surface area contributed by atoms with Crippen molar-refractivity contribution in [1.82, 2.24) is 9.88 Å². The van der Waals surface area contributed by atoms with Crippen molar-refractivity contribution >= 4 is 16.8 Å². The molecule has 0 saturated heterocycles. The summed E-state index contributed by atoms with van der Waals surface area (Å²) in [6.45, 7) is 4.58. The van der Waals surface area contributed by atoms with Crippen LogP contribution in [0, 0.1) is 0 Å². The minimum absolute atomic E-state index is 0.140. The van der Waals surface area contributed by atoms with Crippen LogP contribution in [0.15, 0.2) is 49.1 Å². The van der Waals surface area contributed by atoms with Crippen molar-refractivity contribution in [1.29, 1.82) is 0 Å². The van der Waals surface area contributed by atoms with Crippen LogP contribution in [0.5, 0.6) is 23.0 Å². The van der Waals surface area contributed by atoms with Gasteiger partial charge < -0.3 is 28.8 Å². The minimum Gasteiger partial charge on any atom is -0.493 e. The Morgan fingerprint density at radius 1 is 0.933 bits per heavy atom. The molecule has 7 heteroatoms. The average molecular weight is 410 g/mol. The highest BCUT2D eigenvalue weighted by Crippen LogP contribution is 2.33. The van der Waals surface area contributed by atoms with Crippen LogP contribution in [0.3, 0.4) is 0 Å². The summed E-state index contributed by atoms with van der Waals surface area (Å²) in [6, 6.07) is 11.1. The molecule has 0 aliphatic heterocycles. The smallest absolute Gasteiger partial charge is 0.270 e. The molecule has 0 bridgehead atoms. The molecule has 1 aromatic heterocycles. The van der Waals surface area contributed by atoms with E-state index >= 15 is 0 Å². The number of rotatable bonds is 9. The summed E-state index contributed by atoms with van der Waals surface area (Å²) in [7, 11) is 6.33. The van der Waals surface area contributed by atoms with E-state index in [9.17, 15) is 4.79 Å². The average Bonchev–Trinajstić information content (AvgIpc) is 3.19. The van der Waals surface area contributed by atoms with Gasteiger partial charge in [-0.25, -0.2) is 0 Å². The monoisotopic (exact) mass is 410 g/mol. The number of carbonyl (C=O) groups excluding carboxylic acids is 1. The van der Waals surface area contributed by atoms with Gasteiger partial charge in [-0.2, -0.15) is 0 Å². The van der Waals surface area contributed by atoms with Gasteiger partial charge in [0.15, 0.2) is 23.0 Å². The molecule has 3 aromatic rings. The topological polar surface area (TPSA) is 73.0 Å². The Kier molecular flexibility index (Phi) is 6.51. The molecule has 1 heterocycles. The molecular weight excluding hydrogens is 384 g/mol. The molecule has 1 N–H and O–H groups in total. The van der Waals surface area contributed by atoms with Gasteiger partial charge in [0.1, 0.15) is 5.69 Å². The molecule has 2 aromatic carbocycles. The summed E-state index contributed by atoms with van der Waals surface area (Å²) in [5, 5.41) is 0.862. The SMILES string of the molecule is C=CCN(Cc1ccc(OC)c(OC)c1)C(=O)c1cc2cc(OC)c(OC)cc2[nH]1. The second-order valence-corrected chi connectivity index (χ2v) is 6.64. The van der Waals surface area contributed by atoms with E-state index < -0.39 is 0 Å². The molecule has 0 saturated carbocycles. The lowest BCUT2D eigenvalue weighted by Gasteiger charge is -2.21. The van der Waals surface area contributed by atoms with E-state index in [0.717, 1.165) is 16.5 Å². The Morgan fingerprint density at radius 2 is 1.57 bits per heavy atom. The Labute approximate surface area is 175 Å². The van der Waals surface area contributed by atoms with Gasteiger partial charge in [-0.15, -0.1) is 6.58 Å². The number of nitrogens with zero attached hydrogens (tertiary/aromatic N) is 1. The van der Waals surface area contributed by atoms with Crippen molar-refractivity contribution < 1.29 is 23.7 Å². The van der Waals surface area contributed by atoms with Crippen LogP contribution in [-0.4, -0.2) is 50.8 Å². The number of methoxy groups -OCH3 is 4. The first-order valence-corrected chi connectivity index (χ1v) is 9.40. The zero-order valence-corrected chi connectivity index (χ0v) is 17.7. The van der Waals surface area contributed by atoms with Gasteiger partial charge in [0.05, 0.1) is 28.4 Å². The van der Waals surface area contributed by atoms with Crippen LogP contribution in [0.25, 0.3) is 10.9 Å². The van der Waals surface area contributed by atoms with Gasteiger partial charge in [0.25, 0.3) is 5.91 Å². The van der Waals surface area contributed by atoms with E-state index in [-0.39, 0.29) is 5.91 Å². The van der Waals surface area contributed by atoms with E-state index in [4.69, 9.17) is 18.9 Å². The molecule has 0 fully saturated rings. The molecule has 158 valence electrons. The van der Waals surface area contributed by atoms with Crippen molar-refractivity contribution in [2.24, 2.45) is 0 Å². The fourth-order valence-corrected chi connectivity index (χ4v) is 3.32. The third-order valence-electron chi connectivity index (χ3n) is 4.81. The van der Waals surface area contributed by atoms with E-state index in [2.05, 4.69) is 11.6 Å². The lowest BCUT2D eigenvalue weighted by Crippen LogP contribution is -2.31. The summed E-state index contributed by atoms with van der Waals surface area (Å²) in [6.07, 6.45) is 1.70. The quantitative estimate of drug-likeness (QED) is 0.539. The highest BCUT2D eigenvalue weighted by molar-refractivity contribution is 5.98. The standard InChI is InChI=1S/C23H26N2O5/c1-6-9-25(14-15-7-8-19(27-2)20(10-15)28-3)23(26)18-11-16-12-21(29-4)22(30-5)13-17(16)24-18/h6-8,10-13,24H,1,9,14H2,2-5H3. The van der Waals surface area contributed by atoms with E-state index in [0.29, 0.717) is 41.8 Å². The molecule has 3 rings (SSSR count). The summed E-state index contributed by atoms with van der Waals surface area (Å²) in [5.74, 6) is 2.32. The maximum atomic E-state index is 13.2. The molecule has 0 atom stereocenters. The zero-order valence-electron chi connectivity index (χ0n) is 17.7. The van der Waals surface area contributed by atoms with Gasteiger partial charge in [-0.05, 0) is 29.8 Å². The number of amides is 1. The number of fused-ring (bicyclic) bond motifs is 1. The zero-order chi connectivity index (χ0) is 21.7. The number of hydrogen-bond donors (Lipinski definition) is 1. The van der Waals surface area contributed by atoms with Crippen LogP contribution in [0.2, 0.25) is 0 Å². The number of benzene rings is 2. The Hall–Kier alpha value is -3.61. The highest BCUT2D eigenvalue weighted by Gasteiger charge is 2.19. The number of hydrogen-bond acceptors (Lipinski definition) is 5. The molecular formula is C23H26N2O5. The van der Waals surface area contributed by atoms with Crippen molar-refractivity contribution in [2.75, 3.05) is 35.0 Å². The highest BCUT2D eigenvalue weighted by atomic mass is 16.5. The fraction of sp³-hybridized carbons (Fsp3) is 0.261. The maximum Gasteiger partial charge on any atom is 0.270 e. The molecule has 0 radical (unpaired) electrons. The molecule has 0 aliphatic rings. The van der Waals surface area contributed by atoms with Gasteiger partial charge in [0.2, 0.25) is 0 Å². The summed E-state index contributed by atoms with van der Waals surface area (Å²) in [4.78, 5) is 18.1. The first kappa shape index (κ1) is 21.1. The van der Waals surface area contributed by atoms with Crippen molar-refractivity contribution in [3.05, 3.63) is 60.3 Å². The van der Waals surface area contributed by atoms with Crippen molar-refractivity contribution in [2.45, 2.75) is 6.54 Å². The third-order valence-corrected chi connectivity index (χ3v) is 4.81. The number of H-pyrrole nitrogens is 1. The van der Waals surface area contributed by atoms with Crippen LogP contribution < -0.4 is 18.9 Å². The number of carbonyl (C=O) groups is 1. The number of aromatic nitrogens is 1. The molecule has 1 amide bonds. The predicted octanol–water partition coefficient (Wildman–Crippen LogP) is 4.03. The Morgan fingerprint density at radius 3 is 2.20 bits per heavy atom. The van der Waals surface area contributed by atoms with Crippen LogP contribution in [-0.2, 0) is 6.54 Å². The maximum absolute atomic E-state index is 13.2. The first-order chi connectivity index (χ1) is 14.5. The largest absolute Gasteiger partial charge is 0.493 e. The fourth-order valence-electron chi connectivity index (χ4n) is 3.32. The molecule has 30 heavy (non-hydrogen) atoms. The summed E-state index contributed by atoms with van der Waals surface area (Å²) in [5.41, 5.74) is 2.19. The lowest BCUT2D eigenvalue weighted by atomic mass is 10.1. The summed E-state index contributed by atoms with van der Waals surface area (Å²) < 4.78 is 21.3. The number of aromatic amines is 1. The number of nitrogens with one attached hydrogen (secondary N) is 1. The second-order valence-electron chi connectivity index (χ2n) is 6.64. The van der Waals surface area contributed by atoms with Crippen LogP contribution >= 0.6 is 0 Å². The minimum atomic E-state index is -0.140. The van der Waals surface area contributed by atoms with E-state index in [1.165, 1.54) is 0 Å². The third kappa shape index (κ3) is 4.20. The van der Waals surface area contributed by atoms with Crippen LogP contribution in [0.1, 0.15) is 16.1 Å². The summed E-state index contributed by atoms with van der Waals surface area (Å²) >= 11 is 0. The van der Waals surface area contributed by atoms with Crippen molar-refractivity contribution in [3.63, 3.8) is 0 Å². The normalized spacial score (nSPS) is 10.5. The molecule has 0 spiro atoms. The van der Waals surface area contributed by atoms with Gasteiger partial charge >= 0.3 is 0 Å².